The van der Waals surface area contributed by atoms with Crippen molar-refractivity contribution in [3.63, 3.8) is 0 Å². The SMILES string of the molecule is N[C@H](c1ccc(OC(F)(F)C(F)F)cc1)C1CCOCC1. The minimum absolute atomic E-state index is 0.237. The number of rotatable bonds is 5. The van der Waals surface area contributed by atoms with Crippen molar-refractivity contribution in [1.29, 1.82) is 0 Å². The molecule has 0 bridgehead atoms. The number of nitrogens with two attached hydrogens (primary N) is 1. The Kier molecular flexibility index (Phi) is 5.05. The first-order chi connectivity index (χ1) is 9.90. The monoisotopic (exact) mass is 307 g/mol. The van der Waals surface area contributed by atoms with Crippen molar-refractivity contribution in [3.8, 4) is 5.75 Å². The van der Waals surface area contributed by atoms with Crippen LogP contribution in [0.4, 0.5) is 17.6 Å². The van der Waals surface area contributed by atoms with E-state index in [4.69, 9.17) is 10.5 Å². The third-order valence-electron chi connectivity index (χ3n) is 3.55. The molecule has 1 saturated heterocycles. The van der Waals surface area contributed by atoms with Crippen LogP contribution in [0.15, 0.2) is 24.3 Å². The van der Waals surface area contributed by atoms with Crippen molar-refractivity contribution in [2.75, 3.05) is 13.2 Å². The van der Waals surface area contributed by atoms with Crippen LogP contribution >= 0.6 is 0 Å². The molecule has 3 nitrogen and oxygen atoms in total. The second kappa shape index (κ2) is 6.62. The summed E-state index contributed by atoms with van der Waals surface area (Å²) in [5.41, 5.74) is 6.89. The summed E-state index contributed by atoms with van der Waals surface area (Å²) in [4.78, 5) is 0. The van der Waals surface area contributed by atoms with E-state index in [2.05, 4.69) is 4.74 Å². The molecule has 0 spiro atoms. The average molecular weight is 307 g/mol. The first kappa shape index (κ1) is 16.0. The summed E-state index contributed by atoms with van der Waals surface area (Å²) in [7, 11) is 0. The molecule has 1 fully saturated rings. The zero-order valence-electron chi connectivity index (χ0n) is 11.3. The fourth-order valence-corrected chi connectivity index (χ4v) is 2.31. The molecule has 0 saturated carbocycles. The van der Waals surface area contributed by atoms with Gasteiger partial charge in [-0.25, -0.2) is 0 Å². The minimum atomic E-state index is -4.50. The quantitative estimate of drug-likeness (QED) is 0.849. The van der Waals surface area contributed by atoms with E-state index in [-0.39, 0.29) is 17.7 Å². The molecule has 21 heavy (non-hydrogen) atoms. The van der Waals surface area contributed by atoms with Crippen LogP contribution in [-0.2, 0) is 4.74 Å². The maximum Gasteiger partial charge on any atom is 0.461 e. The van der Waals surface area contributed by atoms with Gasteiger partial charge in [0.05, 0.1) is 0 Å². The van der Waals surface area contributed by atoms with Crippen molar-refractivity contribution in [1.82, 2.24) is 0 Å². The second-order valence-corrected chi connectivity index (χ2v) is 5.01. The molecular formula is C14H17F4NO2. The van der Waals surface area contributed by atoms with E-state index in [1.165, 1.54) is 24.3 Å². The number of hydrogen-bond acceptors (Lipinski definition) is 3. The van der Waals surface area contributed by atoms with E-state index in [0.29, 0.717) is 13.2 Å². The molecule has 1 aromatic carbocycles. The van der Waals surface area contributed by atoms with Crippen molar-refractivity contribution in [3.05, 3.63) is 29.8 Å². The molecule has 1 aliphatic heterocycles. The number of halogens is 4. The van der Waals surface area contributed by atoms with Gasteiger partial charge >= 0.3 is 12.5 Å². The van der Waals surface area contributed by atoms with Crippen LogP contribution in [0.3, 0.4) is 0 Å². The Morgan fingerprint density at radius 3 is 2.24 bits per heavy atom. The van der Waals surface area contributed by atoms with Crippen LogP contribution in [0.2, 0.25) is 0 Å². The fourth-order valence-electron chi connectivity index (χ4n) is 2.31. The van der Waals surface area contributed by atoms with Crippen molar-refractivity contribution >= 4 is 0 Å². The summed E-state index contributed by atoms with van der Waals surface area (Å²) in [6.07, 6.45) is -6.70. The van der Waals surface area contributed by atoms with E-state index in [1.54, 1.807) is 0 Å². The predicted octanol–water partition coefficient (Wildman–Crippen LogP) is 3.35. The normalized spacial score (nSPS) is 18.8. The lowest BCUT2D eigenvalue weighted by atomic mass is 9.88. The Hall–Kier alpha value is -1.34. The number of alkyl halides is 4. The maximum absolute atomic E-state index is 12.8. The van der Waals surface area contributed by atoms with Crippen LogP contribution in [0.5, 0.6) is 5.75 Å². The smallest absolute Gasteiger partial charge is 0.428 e. The van der Waals surface area contributed by atoms with E-state index in [9.17, 15) is 17.6 Å². The topological polar surface area (TPSA) is 44.5 Å². The van der Waals surface area contributed by atoms with Gasteiger partial charge in [-0.3, -0.25) is 0 Å². The van der Waals surface area contributed by atoms with Gasteiger partial charge in [-0.15, -0.1) is 0 Å². The lowest BCUT2D eigenvalue weighted by Gasteiger charge is -2.28. The Morgan fingerprint density at radius 2 is 1.71 bits per heavy atom. The van der Waals surface area contributed by atoms with Crippen LogP contribution in [-0.4, -0.2) is 25.7 Å². The number of hydrogen-bond donors (Lipinski definition) is 1. The Labute approximate surface area is 120 Å². The molecule has 1 aliphatic rings. The molecule has 1 atom stereocenters. The molecule has 0 aliphatic carbocycles. The van der Waals surface area contributed by atoms with Gasteiger partial charge in [0.15, 0.2) is 0 Å². The molecule has 0 unspecified atom stereocenters. The van der Waals surface area contributed by atoms with Gasteiger partial charge in [-0.05, 0) is 36.5 Å². The third-order valence-corrected chi connectivity index (χ3v) is 3.55. The highest BCUT2D eigenvalue weighted by Gasteiger charge is 2.43. The summed E-state index contributed by atoms with van der Waals surface area (Å²) in [5.74, 6) is -0.0590. The van der Waals surface area contributed by atoms with Crippen LogP contribution < -0.4 is 10.5 Å². The van der Waals surface area contributed by atoms with Crippen LogP contribution in [0, 0.1) is 5.92 Å². The predicted molar refractivity (Wildman–Crippen MR) is 68.5 cm³/mol. The van der Waals surface area contributed by atoms with Gasteiger partial charge in [0.25, 0.3) is 0 Å². The van der Waals surface area contributed by atoms with Gasteiger partial charge in [-0.2, -0.15) is 17.6 Å². The van der Waals surface area contributed by atoms with E-state index >= 15 is 0 Å². The van der Waals surface area contributed by atoms with Gasteiger partial charge in [0.2, 0.25) is 0 Å². The first-order valence-corrected chi connectivity index (χ1v) is 6.68. The summed E-state index contributed by atoms with van der Waals surface area (Å²) in [6.45, 7) is 1.31. The third kappa shape index (κ3) is 4.07. The number of benzene rings is 1. The van der Waals surface area contributed by atoms with Crippen molar-refractivity contribution in [2.45, 2.75) is 31.4 Å². The lowest BCUT2D eigenvalue weighted by Crippen LogP contribution is -2.33. The van der Waals surface area contributed by atoms with Gasteiger partial charge in [0.1, 0.15) is 5.75 Å². The highest BCUT2D eigenvalue weighted by molar-refractivity contribution is 5.29. The Balaban J connectivity index is 2.01. The molecule has 2 rings (SSSR count). The van der Waals surface area contributed by atoms with Gasteiger partial charge in [-0.1, -0.05) is 12.1 Å². The van der Waals surface area contributed by atoms with Crippen LogP contribution in [0.1, 0.15) is 24.4 Å². The summed E-state index contributed by atoms with van der Waals surface area (Å²) < 4.78 is 58.9. The van der Waals surface area contributed by atoms with Crippen molar-refractivity contribution in [2.24, 2.45) is 11.7 Å². The lowest BCUT2D eigenvalue weighted by molar-refractivity contribution is -0.253. The standard InChI is InChI=1S/C14H17F4NO2/c15-13(16)14(17,18)21-11-3-1-9(2-4-11)12(19)10-5-7-20-8-6-10/h1-4,10,12-13H,5-8,19H2/t12-/m1/s1. The molecule has 118 valence electrons. The highest BCUT2D eigenvalue weighted by Crippen LogP contribution is 2.31. The van der Waals surface area contributed by atoms with E-state index in [1.807, 2.05) is 0 Å². The van der Waals surface area contributed by atoms with Crippen LogP contribution in [0.25, 0.3) is 0 Å². The van der Waals surface area contributed by atoms with Gasteiger partial charge in [0, 0.05) is 19.3 Å². The van der Waals surface area contributed by atoms with E-state index < -0.39 is 12.5 Å². The van der Waals surface area contributed by atoms with Gasteiger partial charge < -0.3 is 15.2 Å². The van der Waals surface area contributed by atoms with E-state index in [0.717, 1.165) is 18.4 Å². The largest absolute Gasteiger partial charge is 0.461 e. The number of ether oxygens (including phenoxy) is 2. The zero-order valence-corrected chi connectivity index (χ0v) is 11.3. The highest BCUT2D eigenvalue weighted by atomic mass is 19.3. The zero-order chi connectivity index (χ0) is 15.5. The van der Waals surface area contributed by atoms with Crippen molar-refractivity contribution < 1.29 is 27.0 Å². The summed E-state index contributed by atoms with van der Waals surface area (Å²) in [5, 5.41) is 0. The molecule has 1 aromatic rings. The Morgan fingerprint density at radius 1 is 1.14 bits per heavy atom. The molecule has 0 aromatic heterocycles. The Bertz CT molecular complexity index is 447. The molecule has 0 amide bonds. The first-order valence-electron chi connectivity index (χ1n) is 6.68. The summed E-state index contributed by atoms with van der Waals surface area (Å²) in [6, 6.07) is 5.27. The molecule has 2 N–H and O–H groups in total. The summed E-state index contributed by atoms with van der Waals surface area (Å²) >= 11 is 0. The second-order valence-electron chi connectivity index (χ2n) is 5.01. The molecule has 7 heteroatoms. The molecule has 1 heterocycles. The molecule has 0 radical (unpaired) electrons. The average Bonchev–Trinajstić information content (AvgIpc) is 2.48. The fraction of sp³-hybridized carbons (Fsp3) is 0.571. The maximum atomic E-state index is 12.8. The molecular weight excluding hydrogens is 290 g/mol. The minimum Gasteiger partial charge on any atom is -0.428 e.